The van der Waals surface area contributed by atoms with E-state index in [2.05, 4.69) is 5.32 Å². The summed E-state index contributed by atoms with van der Waals surface area (Å²) in [5, 5.41) is 13.1. The van der Waals surface area contributed by atoms with Gasteiger partial charge in [-0.1, -0.05) is 42.5 Å². The molecular formula is C18H15NO4. The number of aliphatic hydroxyl groups is 1. The minimum absolute atomic E-state index is 0.0615. The summed E-state index contributed by atoms with van der Waals surface area (Å²) >= 11 is 0. The van der Waals surface area contributed by atoms with Crippen LogP contribution in [0.3, 0.4) is 0 Å². The molecule has 0 aromatic heterocycles. The number of methoxy groups -OCH3 is 1. The van der Waals surface area contributed by atoms with Gasteiger partial charge in [-0.05, 0) is 17.7 Å². The van der Waals surface area contributed by atoms with Crippen LogP contribution < -0.4 is 10.1 Å². The second-order valence-electron chi connectivity index (χ2n) is 5.14. The van der Waals surface area contributed by atoms with Crippen LogP contribution in [0.25, 0.3) is 5.76 Å². The van der Waals surface area contributed by atoms with Crippen molar-refractivity contribution in [1.29, 1.82) is 0 Å². The van der Waals surface area contributed by atoms with Crippen LogP contribution in [0.1, 0.15) is 17.2 Å². The summed E-state index contributed by atoms with van der Waals surface area (Å²) in [6.07, 6.45) is 0. The first-order valence-corrected chi connectivity index (χ1v) is 7.09. The van der Waals surface area contributed by atoms with Gasteiger partial charge >= 0.3 is 0 Å². The number of hydrogen-bond donors (Lipinski definition) is 2. The van der Waals surface area contributed by atoms with Gasteiger partial charge in [0.15, 0.2) is 0 Å². The molecule has 0 saturated carbocycles. The molecule has 3 rings (SSSR count). The van der Waals surface area contributed by atoms with Crippen molar-refractivity contribution >= 4 is 17.4 Å². The number of rotatable bonds is 3. The molecule has 0 aliphatic carbocycles. The minimum Gasteiger partial charge on any atom is -0.507 e. The minimum atomic E-state index is -0.719. The fourth-order valence-corrected chi connectivity index (χ4v) is 2.56. The van der Waals surface area contributed by atoms with E-state index in [0.717, 1.165) is 0 Å². The number of Topliss-reactive ketones (excluding diaryl/α,β-unsaturated/α-hetero) is 1. The van der Waals surface area contributed by atoms with Crippen molar-refractivity contribution in [3.63, 3.8) is 0 Å². The Morgan fingerprint density at radius 2 is 1.70 bits per heavy atom. The van der Waals surface area contributed by atoms with Crippen molar-refractivity contribution in [3.05, 3.63) is 71.3 Å². The van der Waals surface area contributed by atoms with Gasteiger partial charge in [0.25, 0.3) is 11.7 Å². The Labute approximate surface area is 133 Å². The Bertz CT molecular complexity index is 778. The molecular weight excluding hydrogens is 294 g/mol. The molecule has 1 fully saturated rings. The molecule has 1 saturated heterocycles. The number of hydrogen-bond acceptors (Lipinski definition) is 4. The first-order valence-electron chi connectivity index (χ1n) is 7.09. The predicted octanol–water partition coefficient (Wildman–Crippen LogP) is 2.40. The van der Waals surface area contributed by atoms with Crippen LogP contribution >= 0.6 is 0 Å². The number of carbonyl (C=O) groups is 2. The Balaban J connectivity index is 2.08. The molecule has 0 unspecified atom stereocenters. The van der Waals surface area contributed by atoms with E-state index in [4.69, 9.17) is 4.74 Å². The Morgan fingerprint density at radius 3 is 2.30 bits per heavy atom. The fourth-order valence-electron chi connectivity index (χ4n) is 2.56. The predicted molar refractivity (Wildman–Crippen MR) is 84.9 cm³/mol. The van der Waals surface area contributed by atoms with Crippen LogP contribution in [0.5, 0.6) is 5.75 Å². The summed E-state index contributed by atoms with van der Waals surface area (Å²) in [5.41, 5.74) is 1.25. The van der Waals surface area contributed by atoms with Gasteiger partial charge in [0.05, 0.1) is 18.7 Å². The average molecular weight is 309 g/mol. The van der Waals surface area contributed by atoms with Crippen LogP contribution in [-0.4, -0.2) is 23.9 Å². The van der Waals surface area contributed by atoms with E-state index >= 15 is 0 Å². The summed E-state index contributed by atoms with van der Waals surface area (Å²) in [6.45, 7) is 0. The van der Waals surface area contributed by atoms with Crippen molar-refractivity contribution in [2.45, 2.75) is 6.04 Å². The van der Waals surface area contributed by atoms with E-state index in [9.17, 15) is 14.7 Å². The summed E-state index contributed by atoms with van der Waals surface area (Å²) in [6, 6.07) is 15.0. The third kappa shape index (κ3) is 2.68. The van der Waals surface area contributed by atoms with Gasteiger partial charge in [0.2, 0.25) is 0 Å². The van der Waals surface area contributed by atoms with Gasteiger partial charge in [-0.3, -0.25) is 9.59 Å². The number of amides is 1. The first-order chi connectivity index (χ1) is 11.1. The monoisotopic (exact) mass is 309 g/mol. The zero-order valence-corrected chi connectivity index (χ0v) is 12.4. The smallest absolute Gasteiger partial charge is 0.293 e. The number of aliphatic hydroxyl groups excluding tert-OH is 1. The maximum atomic E-state index is 12.2. The Morgan fingerprint density at radius 1 is 1.04 bits per heavy atom. The van der Waals surface area contributed by atoms with Crippen LogP contribution in [-0.2, 0) is 9.59 Å². The van der Waals surface area contributed by atoms with Crippen LogP contribution in [0.2, 0.25) is 0 Å². The summed E-state index contributed by atoms with van der Waals surface area (Å²) < 4.78 is 5.10. The molecule has 0 bridgehead atoms. The molecule has 0 spiro atoms. The van der Waals surface area contributed by atoms with E-state index < -0.39 is 17.7 Å². The van der Waals surface area contributed by atoms with E-state index in [0.29, 0.717) is 16.9 Å². The molecule has 5 nitrogen and oxygen atoms in total. The third-order valence-corrected chi connectivity index (χ3v) is 3.77. The number of carbonyl (C=O) groups excluding carboxylic acids is 2. The van der Waals surface area contributed by atoms with Gasteiger partial charge in [0.1, 0.15) is 11.5 Å². The van der Waals surface area contributed by atoms with Crippen LogP contribution in [0, 0.1) is 0 Å². The topological polar surface area (TPSA) is 75.6 Å². The third-order valence-electron chi connectivity index (χ3n) is 3.77. The van der Waals surface area contributed by atoms with Gasteiger partial charge in [-0.25, -0.2) is 0 Å². The number of ether oxygens (including phenoxy) is 1. The number of benzene rings is 2. The lowest BCUT2D eigenvalue weighted by atomic mass is 9.96. The van der Waals surface area contributed by atoms with E-state index in [1.807, 2.05) is 6.07 Å². The molecule has 1 amide bonds. The highest BCUT2D eigenvalue weighted by Crippen LogP contribution is 2.33. The maximum absolute atomic E-state index is 12.2. The molecule has 5 heteroatoms. The molecule has 2 aromatic rings. The van der Waals surface area contributed by atoms with Crippen molar-refractivity contribution in [1.82, 2.24) is 5.32 Å². The molecule has 23 heavy (non-hydrogen) atoms. The number of nitrogens with one attached hydrogen (secondary N) is 1. The van der Waals surface area contributed by atoms with Gasteiger partial charge in [0, 0.05) is 5.56 Å². The molecule has 1 heterocycles. The second-order valence-corrected chi connectivity index (χ2v) is 5.14. The highest BCUT2D eigenvalue weighted by Gasteiger charge is 2.39. The zero-order valence-electron chi connectivity index (χ0n) is 12.4. The van der Waals surface area contributed by atoms with E-state index in [1.54, 1.807) is 55.6 Å². The normalized spacial score (nSPS) is 19.4. The zero-order chi connectivity index (χ0) is 16.4. The molecule has 116 valence electrons. The van der Waals surface area contributed by atoms with Crippen LogP contribution in [0.15, 0.2) is 60.2 Å². The van der Waals surface area contributed by atoms with Gasteiger partial charge < -0.3 is 15.2 Å². The molecule has 2 aromatic carbocycles. The van der Waals surface area contributed by atoms with Gasteiger partial charge in [-0.15, -0.1) is 0 Å². The average Bonchev–Trinajstić information content (AvgIpc) is 2.90. The van der Waals surface area contributed by atoms with Crippen molar-refractivity contribution in [2.75, 3.05) is 7.11 Å². The van der Waals surface area contributed by atoms with E-state index in [-0.39, 0.29) is 11.3 Å². The van der Waals surface area contributed by atoms with Crippen molar-refractivity contribution < 1.29 is 19.4 Å². The lowest BCUT2D eigenvalue weighted by Gasteiger charge is -2.14. The molecule has 1 atom stereocenters. The fraction of sp³-hybridized carbons (Fsp3) is 0.111. The van der Waals surface area contributed by atoms with Gasteiger partial charge in [-0.2, -0.15) is 0 Å². The lowest BCUT2D eigenvalue weighted by Crippen LogP contribution is -2.21. The molecule has 1 aliphatic heterocycles. The van der Waals surface area contributed by atoms with Crippen molar-refractivity contribution in [3.8, 4) is 5.75 Å². The summed E-state index contributed by atoms with van der Waals surface area (Å²) in [5.74, 6) is -0.951. The SMILES string of the molecule is COc1ccc([C@H]2NC(=O)C(=O)/C2=C(/O)c2ccccc2)cc1. The van der Waals surface area contributed by atoms with Crippen molar-refractivity contribution in [2.24, 2.45) is 0 Å². The first kappa shape index (κ1) is 14.8. The molecule has 1 aliphatic rings. The van der Waals surface area contributed by atoms with E-state index in [1.165, 1.54) is 0 Å². The summed E-state index contributed by atoms with van der Waals surface area (Å²) in [4.78, 5) is 24.0. The standard InChI is InChI=1S/C18H15NO4/c1-23-13-9-7-11(8-10-13)15-14(17(21)18(22)19-15)16(20)12-5-3-2-4-6-12/h2-10,15,20H,1H3,(H,19,22)/b16-14+/t15-/m1/s1. The Hall–Kier alpha value is -3.08. The lowest BCUT2D eigenvalue weighted by molar-refractivity contribution is -0.133. The maximum Gasteiger partial charge on any atom is 0.293 e. The second kappa shape index (κ2) is 5.96. The molecule has 0 radical (unpaired) electrons. The summed E-state index contributed by atoms with van der Waals surface area (Å²) in [7, 11) is 1.56. The largest absolute Gasteiger partial charge is 0.507 e. The highest BCUT2D eigenvalue weighted by molar-refractivity contribution is 6.46. The quantitative estimate of drug-likeness (QED) is 0.518. The highest BCUT2D eigenvalue weighted by atomic mass is 16.5. The van der Waals surface area contributed by atoms with Crippen LogP contribution in [0.4, 0.5) is 0 Å². The number of ketones is 1. The molecule has 2 N–H and O–H groups in total. The Kier molecular flexibility index (Phi) is 3.85.